The highest BCUT2D eigenvalue weighted by Gasteiger charge is 2.61. The molecule has 0 amide bonds. The van der Waals surface area contributed by atoms with Crippen molar-refractivity contribution in [3.05, 3.63) is 58.6 Å². The summed E-state index contributed by atoms with van der Waals surface area (Å²) < 4.78 is 53.9. The van der Waals surface area contributed by atoms with Gasteiger partial charge in [0, 0.05) is 27.8 Å². The number of anilines is 1. The van der Waals surface area contributed by atoms with E-state index in [0.717, 1.165) is 12.8 Å². The fourth-order valence-corrected chi connectivity index (χ4v) is 3.27. The summed E-state index contributed by atoms with van der Waals surface area (Å²) in [6.45, 7) is 0. The van der Waals surface area contributed by atoms with Crippen molar-refractivity contribution in [3.63, 3.8) is 0 Å². The van der Waals surface area contributed by atoms with Gasteiger partial charge < -0.3 is 14.8 Å². The lowest BCUT2D eigenvalue weighted by atomic mass is 9.89. The molecule has 1 fully saturated rings. The maximum absolute atomic E-state index is 14.4. The zero-order valence-corrected chi connectivity index (χ0v) is 15.7. The zero-order valence-electron chi connectivity index (χ0n) is 14.9. The molecule has 0 saturated heterocycles. The van der Waals surface area contributed by atoms with E-state index in [1.807, 2.05) is 0 Å². The van der Waals surface area contributed by atoms with Crippen LogP contribution in [-0.4, -0.2) is 13.3 Å². The summed E-state index contributed by atoms with van der Waals surface area (Å²) in [5.74, 6) is 5.75. The van der Waals surface area contributed by atoms with E-state index in [9.17, 15) is 13.2 Å². The molecule has 1 saturated carbocycles. The van der Waals surface area contributed by atoms with Gasteiger partial charge in [0.25, 0.3) is 5.60 Å². The molecular formula is C21H17ClF3NO2. The molecule has 1 aliphatic carbocycles. The fourth-order valence-electron chi connectivity index (χ4n) is 3.09. The quantitative estimate of drug-likeness (QED) is 0.651. The van der Waals surface area contributed by atoms with Crippen LogP contribution in [0.15, 0.2) is 42.5 Å². The molecule has 0 radical (unpaired) electrons. The molecular weight excluding hydrogens is 391 g/mol. The fraction of sp³-hybridized carbons (Fsp3) is 0.333. The number of ether oxygens (including phenoxy) is 2. The Morgan fingerprint density at radius 2 is 1.89 bits per heavy atom. The maximum atomic E-state index is 14.4. The summed E-state index contributed by atoms with van der Waals surface area (Å²) in [5, 5.41) is 3.21. The van der Waals surface area contributed by atoms with Crippen molar-refractivity contribution in [3.8, 4) is 17.6 Å². The van der Waals surface area contributed by atoms with Crippen molar-refractivity contribution < 1.29 is 22.6 Å². The Morgan fingerprint density at radius 1 is 1.18 bits per heavy atom. The highest BCUT2D eigenvalue weighted by atomic mass is 35.5. The van der Waals surface area contributed by atoms with E-state index >= 15 is 0 Å². The lowest BCUT2D eigenvalue weighted by Gasteiger charge is -2.41. The molecule has 0 spiro atoms. The molecule has 7 heteroatoms. The lowest BCUT2D eigenvalue weighted by Crippen LogP contribution is -2.48. The summed E-state index contributed by atoms with van der Waals surface area (Å²) in [5.41, 5.74) is -2.06. The van der Waals surface area contributed by atoms with Gasteiger partial charge in [-0.1, -0.05) is 35.6 Å². The van der Waals surface area contributed by atoms with Crippen molar-refractivity contribution >= 4 is 17.3 Å². The summed E-state index contributed by atoms with van der Waals surface area (Å²) in [7, 11) is 1.52. The number of methoxy groups -OCH3 is 1. The van der Waals surface area contributed by atoms with Crippen molar-refractivity contribution in [2.75, 3.05) is 12.4 Å². The molecule has 1 heterocycles. The number of fused-ring (bicyclic) bond motifs is 1. The van der Waals surface area contributed by atoms with Gasteiger partial charge in [0.05, 0.1) is 7.11 Å². The van der Waals surface area contributed by atoms with Crippen LogP contribution < -0.4 is 10.1 Å². The van der Waals surface area contributed by atoms with Crippen LogP contribution in [0.3, 0.4) is 0 Å². The van der Waals surface area contributed by atoms with Crippen LogP contribution in [0.4, 0.5) is 18.9 Å². The van der Waals surface area contributed by atoms with Gasteiger partial charge in [0.1, 0.15) is 5.75 Å². The topological polar surface area (TPSA) is 30.5 Å². The molecule has 0 bridgehead atoms. The molecule has 146 valence electrons. The summed E-state index contributed by atoms with van der Waals surface area (Å²) in [6, 6.07) is 11.0. The lowest BCUT2D eigenvalue weighted by molar-refractivity contribution is -0.273. The van der Waals surface area contributed by atoms with Gasteiger partial charge in [-0.05, 0) is 43.2 Å². The molecule has 1 aliphatic heterocycles. The van der Waals surface area contributed by atoms with E-state index in [0.29, 0.717) is 17.0 Å². The van der Waals surface area contributed by atoms with E-state index in [1.165, 1.54) is 19.2 Å². The van der Waals surface area contributed by atoms with Gasteiger partial charge in [-0.3, -0.25) is 0 Å². The predicted octanol–water partition coefficient (Wildman–Crippen LogP) is 5.66. The molecule has 1 N–H and O–H groups in total. The van der Waals surface area contributed by atoms with E-state index in [1.54, 1.807) is 30.3 Å². The molecule has 2 aromatic carbocycles. The van der Waals surface area contributed by atoms with Crippen LogP contribution in [0, 0.1) is 17.8 Å². The first-order valence-electron chi connectivity index (χ1n) is 8.80. The standard InChI is InChI=1S/C21H17ClF3NO2/c1-27-16-7-4-14(5-8-16)19-26-18-9-6-15(22)12-17(18)20(28-19,21(23,24)25)11-10-13-2-3-13/h4-9,12-13,19,26H,2-3H2,1H3/t19?,20-/m0/s1. The Labute approximate surface area is 165 Å². The SMILES string of the molecule is COc1ccc(C2Nc3ccc(Cl)cc3[C@@](C#CC3CC3)(C(F)(F)F)O2)cc1. The molecule has 2 aliphatic rings. The number of rotatable bonds is 2. The first kappa shape index (κ1) is 19.0. The van der Waals surface area contributed by atoms with Crippen LogP contribution in [0.5, 0.6) is 5.75 Å². The van der Waals surface area contributed by atoms with Gasteiger partial charge in [-0.15, -0.1) is 0 Å². The van der Waals surface area contributed by atoms with E-state index in [4.69, 9.17) is 21.1 Å². The summed E-state index contributed by atoms with van der Waals surface area (Å²) >= 11 is 6.00. The number of alkyl halides is 3. The van der Waals surface area contributed by atoms with Crippen molar-refractivity contribution in [1.82, 2.24) is 0 Å². The summed E-state index contributed by atoms with van der Waals surface area (Å²) in [4.78, 5) is 0. The predicted molar refractivity (Wildman–Crippen MR) is 100 cm³/mol. The van der Waals surface area contributed by atoms with Crippen molar-refractivity contribution in [2.24, 2.45) is 5.92 Å². The Morgan fingerprint density at radius 3 is 2.50 bits per heavy atom. The van der Waals surface area contributed by atoms with Crippen molar-refractivity contribution in [2.45, 2.75) is 30.8 Å². The minimum atomic E-state index is -4.75. The first-order chi connectivity index (χ1) is 13.3. The molecule has 1 unspecified atom stereocenters. The molecule has 4 rings (SSSR count). The van der Waals surface area contributed by atoms with Crippen LogP contribution in [0.2, 0.25) is 5.02 Å². The van der Waals surface area contributed by atoms with Gasteiger partial charge >= 0.3 is 6.18 Å². The van der Waals surface area contributed by atoms with Gasteiger partial charge in [0.2, 0.25) is 0 Å². The second-order valence-electron chi connectivity index (χ2n) is 6.83. The number of benzene rings is 2. The Bertz CT molecular complexity index is 945. The van der Waals surface area contributed by atoms with E-state index < -0.39 is 18.0 Å². The maximum Gasteiger partial charge on any atom is 0.433 e. The van der Waals surface area contributed by atoms with Crippen molar-refractivity contribution in [1.29, 1.82) is 0 Å². The highest BCUT2D eigenvalue weighted by Crippen LogP contribution is 2.51. The monoisotopic (exact) mass is 407 g/mol. The number of nitrogens with one attached hydrogen (secondary N) is 1. The van der Waals surface area contributed by atoms with Gasteiger partial charge in [0.15, 0.2) is 6.23 Å². The molecule has 2 atom stereocenters. The third-order valence-corrected chi connectivity index (χ3v) is 5.02. The second-order valence-corrected chi connectivity index (χ2v) is 7.26. The van der Waals surface area contributed by atoms with Gasteiger partial charge in [-0.25, -0.2) is 0 Å². The summed E-state index contributed by atoms with van der Waals surface area (Å²) in [6.07, 6.45) is -4.16. The zero-order chi connectivity index (χ0) is 19.9. The number of hydrogen-bond acceptors (Lipinski definition) is 3. The smallest absolute Gasteiger partial charge is 0.433 e. The average molecular weight is 408 g/mol. The van der Waals surface area contributed by atoms with E-state index in [2.05, 4.69) is 17.2 Å². The van der Waals surface area contributed by atoms with Crippen LogP contribution in [0.1, 0.15) is 30.2 Å². The van der Waals surface area contributed by atoms with Crippen LogP contribution in [0.25, 0.3) is 0 Å². The Hall–Kier alpha value is -2.36. The number of halogens is 4. The Balaban J connectivity index is 1.84. The minimum Gasteiger partial charge on any atom is -0.497 e. The van der Waals surface area contributed by atoms with E-state index in [-0.39, 0.29) is 16.5 Å². The molecule has 3 nitrogen and oxygen atoms in total. The highest BCUT2D eigenvalue weighted by molar-refractivity contribution is 6.30. The third kappa shape index (κ3) is 3.41. The van der Waals surface area contributed by atoms with Gasteiger partial charge in [-0.2, -0.15) is 13.2 Å². The third-order valence-electron chi connectivity index (χ3n) is 4.79. The average Bonchev–Trinajstić information content (AvgIpc) is 3.50. The van der Waals surface area contributed by atoms with Crippen LogP contribution in [-0.2, 0) is 10.3 Å². The normalized spacial score (nSPS) is 23.8. The largest absolute Gasteiger partial charge is 0.497 e. The minimum absolute atomic E-state index is 0.0141. The number of hydrogen-bond donors (Lipinski definition) is 1. The van der Waals surface area contributed by atoms with Crippen LogP contribution >= 0.6 is 11.6 Å². The molecule has 28 heavy (non-hydrogen) atoms. The molecule has 2 aromatic rings. The second kappa shape index (κ2) is 6.91. The molecule has 0 aromatic heterocycles. The Kier molecular flexibility index (Phi) is 4.68. The first-order valence-corrected chi connectivity index (χ1v) is 9.18.